The van der Waals surface area contributed by atoms with Crippen molar-refractivity contribution in [1.82, 2.24) is 14.9 Å². The van der Waals surface area contributed by atoms with E-state index >= 15 is 0 Å². The van der Waals surface area contributed by atoms with Gasteiger partial charge in [-0.05, 0) is 27.7 Å². The lowest BCUT2D eigenvalue weighted by Gasteiger charge is -2.03. The van der Waals surface area contributed by atoms with Crippen molar-refractivity contribution in [2.24, 2.45) is 0 Å². The molecule has 0 saturated heterocycles. The Morgan fingerprint density at radius 3 is 2.41 bits per heavy atom. The molecule has 0 atom stereocenters. The van der Waals surface area contributed by atoms with Gasteiger partial charge in [0.05, 0.1) is 23.5 Å². The molecular formula is C12H15N3O2. The first-order chi connectivity index (χ1) is 8.04. The van der Waals surface area contributed by atoms with E-state index in [1.54, 1.807) is 0 Å². The van der Waals surface area contributed by atoms with Crippen LogP contribution < -0.4 is 0 Å². The Morgan fingerprint density at radius 2 is 1.94 bits per heavy atom. The van der Waals surface area contributed by atoms with Crippen LogP contribution in [0.2, 0.25) is 0 Å². The fourth-order valence-corrected chi connectivity index (χ4v) is 1.91. The van der Waals surface area contributed by atoms with E-state index in [0.29, 0.717) is 12.1 Å². The smallest absolute Gasteiger partial charge is 0.153 e. The zero-order valence-corrected chi connectivity index (χ0v) is 10.4. The summed E-state index contributed by atoms with van der Waals surface area (Å²) in [5.74, 6) is 0.794. The third-order valence-corrected chi connectivity index (χ3v) is 3.04. The molecule has 2 heterocycles. The molecule has 0 N–H and O–H groups in total. The minimum atomic E-state index is 0.585. The van der Waals surface area contributed by atoms with Crippen LogP contribution in [0.4, 0.5) is 0 Å². The van der Waals surface area contributed by atoms with Gasteiger partial charge in [0.25, 0.3) is 0 Å². The third-order valence-electron chi connectivity index (χ3n) is 3.04. The number of carbonyl (C=O) groups is 1. The van der Waals surface area contributed by atoms with Crippen molar-refractivity contribution in [2.45, 2.75) is 34.2 Å². The van der Waals surface area contributed by atoms with Crippen LogP contribution in [0.5, 0.6) is 0 Å². The summed E-state index contributed by atoms with van der Waals surface area (Å²) < 4.78 is 6.92. The van der Waals surface area contributed by atoms with Crippen LogP contribution in [0.3, 0.4) is 0 Å². The van der Waals surface area contributed by atoms with E-state index in [1.807, 2.05) is 32.4 Å². The molecule has 0 fully saturated rings. The quantitative estimate of drug-likeness (QED) is 0.760. The molecule has 0 spiro atoms. The SMILES string of the molecule is Cc1nn(Cc2c(C)noc2C)c(C)c1C=O. The van der Waals surface area contributed by atoms with Crippen LogP contribution in [0.15, 0.2) is 4.52 Å². The second-order valence-electron chi connectivity index (χ2n) is 4.16. The van der Waals surface area contributed by atoms with Crippen molar-refractivity contribution in [3.63, 3.8) is 0 Å². The molecule has 0 unspecified atom stereocenters. The highest BCUT2D eigenvalue weighted by molar-refractivity contribution is 5.78. The van der Waals surface area contributed by atoms with Crippen molar-refractivity contribution < 1.29 is 9.32 Å². The first-order valence-corrected chi connectivity index (χ1v) is 5.45. The van der Waals surface area contributed by atoms with Gasteiger partial charge in [0.2, 0.25) is 0 Å². The standard InChI is InChI=1S/C12H15N3O2/c1-7-12(6-16)9(3)15(13-7)5-11-8(2)14-17-10(11)4/h6H,5H2,1-4H3. The zero-order valence-electron chi connectivity index (χ0n) is 10.4. The van der Waals surface area contributed by atoms with E-state index in [1.165, 1.54) is 0 Å². The van der Waals surface area contributed by atoms with E-state index in [4.69, 9.17) is 4.52 Å². The summed E-state index contributed by atoms with van der Waals surface area (Å²) in [4.78, 5) is 10.9. The number of carbonyl (C=O) groups excluding carboxylic acids is 1. The van der Waals surface area contributed by atoms with E-state index in [2.05, 4.69) is 10.3 Å². The van der Waals surface area contributed by atoms with Gasteiger partial charge >= 0.3 is 0 Å². The predicted octanol–water partition coefficient (Wildman–Crippen LogP) is 1.97. The van der Waals surface area contributed by atoms with Crippen molar-refractivity contribution in [3.05, 3.63) is 34.0 Å². The summed E-state index contributed by atoms with van der Waals surface area (Å²) in [5.41, 5.74) is 4.18. The normalized spacial score (nSPS) is 10.8. The van der Waals surface area contributed by atoms with Gasteiger partial charge < -0.3 is 4.52 Å². The van der Waals surface area contributed by atoms with E-state index in [0.717, 1.165) is 34.7 Å². The lowest BCUT2D eigenvalue weighted by atomic mass is 10.2. The topological polar surface area (TPSA) is 60.9 Å². The molecule has 5 heteroatoms. The van der Waals surface area contributed by atoms with E-state index in [9.17, 15) is 4.79 Å². The Bertz CT molecular complexity index is 547. The van der Waals surface area contributed by atoms with Gasteiger partial charge in [-0.25, -0.2) is 0 Å². The average Bonchev–Trinajstić information content (AvgIpc) is 2.73. The van der Waals surface area contributed by atoms with Gasteiger partial charge in [-0.3, -0.25) is 9.48 Å². The van der Waals surface area contributed by atoms with Crippen LogP contribution in [0.25, 0.3) is 0 Å². The lowest BCUT2D eigenvalue weighted by Crippen LogP contribution is -2.05. The van der Waals surface area contributed by atoms with Gasteiger partial charge in [0.15, 0.2) is 6.29 Å². The van der Waals surface area contributed by atoms with Gasteiger partial charge in [-0.2, -0.15) is 5.10 Å². The minimum absolute atomic E-state index is 0.585. The monoisotopic (exact) mass is 233 g/mol. The lowest BCUT2D eigenvalue weighted by molar-refractivity contribution is 0.112. The number of nitrogens with zero attached hydrogens (tertiary/aromatic N) is 3. The fourth-order valence-electron chi connectivity index (χ4n) is 1.91. The summed E-state index contributed by atoms with van der Waals surface area (Å²) in [7, 11) is 0. The molecule has 0 amide bonds. The molecule has 0 aromatic carbocycles. The number of aldehydes is 1. The Hall–Kier alpha value is -1.91. The molecule has 5 nitrogen and oxygen atoms in total. The van der Waals surface area contributed by atoms with Crippen LogP contribution in [0, 0.1) is 27.7 Å². The Labute approximate surface area is 99.4 Å². The summed E-state index contributed by atoms with van der Waals surface area (Å²) >= 11 is 0. The highest BCUT2D eigenvalue weighted by Crippen LogP contribution is 2.17. The van der Waals surface area contributed by atoms with Crippen LogP contribution in [-0.2, 0) is 6.54 Å². The maximum atomic E-state index is 10.9. The predicted molar refractivity (Wildman–Crippen MR) is 62.2 cm³/mol. The highest BCUT2D eigenvalue weighted by atomic mass is 16.5. The van der Waals surface area contributed by atoms with E-state index in [-0.39, 0.29) is 0 Å². The first kappa shape index (κ1) is 11.6. The molecule has 2 aromatic heterocycles. The molecular weight excluding hydrogens is 218 g/mol. The summed E-state index contributed by atoms with van der Waals surface area (Å²) in [5, 5.41) is 8.26. The second kappa shape index (κ2) is 4.16. The minimum Gasteiger partial charge on any atom is -0.361 e. The number of aromatic nitrogens is 3. The summed E-state index contributed by atoms with van der Waals surface area (Å²) in [6.07, 6.45) is 0.849. The molecule has 0 aliphatic carbocycles. The molecule has 0 bridgehead atoms. The van der Waals surface area contributed by atoms with Crippen molar-refractivity contribution >= 4 is 6.29 Å². The Kier molecular flexibility index (Phi) is 2.83. The second-order valence-corrected chi connectivity index (χ2v) is 4.16. The Morgan fingerprint density at radius 1 is 1.24 bits per heavy atom. The number of aryl methyl sites for hydroxylation is 3. The molecule has 0 saturated carbocycles. The van der Waals surface area contributed by atoms with Gasteiger partial charge in [-0.15, -0.1) is 0 Å². The van der Waals surface area contributed by atoms with Crippen molar-refractivity contribution in [3.8, 4) is 0 Å². The molecule has 2 aromatic rings. The van der Waals surface area contributed by atoms with Crippen molar-refractivity contribution in [2.75, 3.05) is 0 Å². The highest BCUT2D eigenvalue weighted by Gasteiger charge is 2.14. The van der Waals surface area contributed by atoms with Crippen LogP contribution in [0.1, 0.15) is 38.8 Å². The van der Waals surface area contributed by atoms with Gasteiger partial charge in [0, 0.05) is 11.3 Å². The number of hydrogen-bond acceptors (Lipinski definition) is 4. The van der Waals surface area contributed by atoms with Crippen LogP contribution >= 0.6 is 0 Å². The maximum absolute atomic E-state index is 10.9. The zero-order chi connectivity index (χ0) is 12.6. The number of hydrogen-bond donors (Lipinski definition) is 0. The largest absolute Gasteiger partial charge is 0.361 e. The third kappa shape index (κ3) is 1.88. The van der Waals surface area contributed by atoms with Crippen LogP contribution in [-0.4, -0.2) is 21.2 Å². The van der Waals surface area contributed by atoms with E-state index < -0.39 is 0 Å². The molecule has 0 aliphatic rings. The molecule has 90 valence electrons. The maximum Gasteiger partial charge on any atom is 0.153 e. The Balaban J connectivity index is 2.40. The molecule has 0 aliphatic heterocycles. The molecule has 0 radical (unpaired) electrons. The molecule has 2 rings (SSSR count). The number of rotatable bonds is 3. The van der Waals surface area contributed by atoms with Crippen molar-refractivity contribution in [1.29, 1.82) is 0 Å². The first-order valence-electron chi connectivity index (χ1n) is 5.45. The molecule has 17 heavy (non-hydrogen) atoms. The summed E-state index contributed by atoms with van der Waals surface area (Å²) in [6, 6.07) is 0. The fraction of sp³-hybridized carbons (Fsp3) is 0.417. The average molecular weight is 233 g/mol. The summed E-state index contributed by atoms with van der Waals surface area (Å²) in [6.45, 7) is 8.09. The van der Waals surface area contributed by atoms with Gasteiger partial charge in [-0.1, -0.05) is 5.16 Å². The van der Waals surface area contributed by atoms with Gasteiger partial charge in [0.1, 0.15) is 5.76 Å².